The number of nitrogens with zero attached hydrogens (tertiary/aromatic N) is 1. The number of nitrogens with one attached hydrogen (secondary N) is 1. The molecule has 0 bridgehead atoms. The standard InChI is InChI=1S/C18H26N2O3/c1-12-4-6-16(7-5-12)20-11-15(9-17(20)22)18(23)19-10-13(2)8-14(3)21/h4-7,13-15,21H,8-11H2,1-3H3,(H,19,23). The van der Waals surface area contributed by atoms with Crippen molar-refractivity contribution in [2.24, 2.45) is 11.8 Å². The molecule has 3 atom stereocenters. The number of benzene rings is 1. The van der Waals surface area contributed by atoms with Gasteiger partial charge in [0.2, 0.25) is 11.8 Å². The lowest BCUT2D eigenvalue weighted by Crippen LogP contribution is -2.35. The quantitative estimate of drug-likeness (QED) is 0.841. The average Bonchev–Trinajstić information content (AvgIpc) is 2.87. The molecule has 5 nitrogen and oxygen atoms in total. The van der Waals surface area contributed by atoms with Gasteiger partial charge in [0.05, 0.1) is 12.0 Å². The number of rotatable bonds is 6. The van der Waals surface area contributed by atoms with Crippen LogP contribution in [0, 0.1) is 18.8 Å². The summed E-state index contributed by atoms with van der Waals surface area (Å²) in [5.74, 6) is -0.178. The first kappa shape index (κ1) is 17.5. The third-order valence-electron chi connectivity index (χ3n) is 4.21. The molecule has 0 aromatic heterocycles. The Morgan fingerprint density at radius 3 is 2.61 bits per heavy atom. The van der Waals surface area contributed by atoms with Gasteiger partial charge in [0.15, 0.2) is 0 Å². The van der Waals surface area contributed by atoms with Crippen molar-refractivity contribution in [1.82, 2.24) is 5.32 Å². The van der Waals surface area contributed by atoms with Crippen molar-refractivity contribution in [3.8, 4) is 0 Å². The molecule has 0 spiro atoms. The van der Waals surface area contributed by atoms with Gasteiger partial charge in [-0.3, -0.25) is 9.59 Å². The average molecular weight is 318 g/mol. The van der Waals surface area contributed by atoms with Crippen molar-refractivity contribution in [3.05, 3.63) is 29.8 Å². The maximum atomic E-state index is 12.3. The van der Waals surface area contributed by atoms with E-state index in [1.165, 1.54) is 0 Å². The van der Waals surface area contributed by atoms with Crippen LogP contribution in [-0.2, 0) is 9.59 Å². The second-order valence-corrected chi connectivity index (χ2v) is 6.68. The SMILES string of the molecule is Cc1ccc(N2CC(C(=O)NCC(C)CC(C)O)CC2=O)cc1. The molecule has 5 heteroatoms. The van der Waals surface area contributed by atoms with E-state index in [1.54, 1.807) is 11.8 Å². The zero-order valence-corrected chi connectivity index (χ0v) is 14.1. The normalized spacial score (nSPS) is 20.4. The third-order valence-corrected chi connectivity index (χ3v) is 4.21. The highest BCUT2D eigenvalue weighted by molar-refractivity contribution is 6.00. The number of anilines is 1. The van der Waals surface area contributed by atoms with Crippen molar-refractivity contribution in [2.75, 3.05) is 18.0 Å². The summed E-state index contributed by atoms with van der Waals surface area (Å²) in [6, 6.07) is 7.76. The highest BCUT2D eigenvalue weighted by atomic mass is 16.3. The fraction of sp³-hybridized carbons (Fsp3) is 0.556. The van der Waals surface area contributed by atoms with Crippen LogP contribution in [-0.4, -0.2) is 36.1 Å². The molecule has 0 saturated carbocycles. The fourth-order valence-corrected chi connectivity index (χ4v) is 2.94. The maximum Gasteiger partial charge on any atom is 0.227 e. The van der Waals surface area contributed by atoms with E-state index in [0.29, 0.717) is 19.5 Å². The predicted molar refractivity (Wildman–Crippen MR) is 90.1 cm³/mol. The molecule has 126 valence electrons. The van der Waals surface area contributed by atoms with Crippen LogP contribution in [0.2, 0.25) is 0 Å². The number of amides is 2. The van der Waals surface area contributed by atoms with Crippen LogP contribution < -0.4 is 10.2 Å². The number of hydrogen-bond donors (Lipinski definition) is 2. The van der Waals surface area contributed by atoms with Crippen LogP contribution in [0.25, 0.3) is 0 Å². The van der Waals surface area contributed by atoms with E-state index in [4.69, 9.17) is 0 Å². The minimum atomic E-state index is -0.369. The topological polar surface area (TPSA) is 69.6 Å². The zero-order chi connectivity index (χ0) is 17.0. The highest BCUT2D eigenvalue weighted by Crippen LogP contribution is 2.25. The number of aryl methyl sites for hydroxylation is 1. The van der Waals surface area contributed by atoms with Gasteiger partial charge in [-0.05, 0) is 38.3 Å². The molecule has 1 aliphatic rings. The molecule has 1 aliphatic heterocycles. The summed E-state index contributed by atoms with van der Waals surface area (Å²) in [5.41, 5.74) is 1.99. The van der Waals surface area contributed by atoms with Crippen LogP contribution in [0.5, 0.6) is 0 Å². The monoisotopic (exact) mass is 318 g/mol. The van der Waals surface area contributed by atoms with Crippen LogP contribution in [0.15, 0.2) is 24.3 Å². The molecule has 1 fully saturated rings. The van der Waals surface area contributed by atoms with Gasteiger partial charge in [-0.15, -0.1) is 0 Å². The molecule has 2 N–H and O–H groups in total. The molecular formula is C18H26N2O3. The number of carbonyl (C=O) groups excluding carboxylic acids is 2. The van der Waals surface area contributed by atoms with Crippen molar-refractivity contribution in [3.63, 3.8) is 0 Å². The minimum absolute atomic E-state index is 0.00830. The summed E-state index contributed by atoms with van der Waals surface area (Å²) in [6.07, 6.45) is 0.538. The maximum absolute atomic E-state index is 12.3. The summed E-state index contributed by atoms with van der Waals surface area (Å²) in [5, 5.41) is 12.3. The van der Waals surface area contributed by atoms with Gasteiger partial charge in [0.25, 0.3) is 0 Å². The van der Waals surface area contributed by atoms with E-state index >= 15 is 0 Å². The smallest absolute Gasteiger partial charge is 0.227 e. The first-order valence-electron chi connectivity index (χ1n) is 8.19. The summed E-state index contributed by atoms with van der Waals surface area (Å²) in [7, 11) is 0. The Balaban J connectivity index is 1.89. The summed E-state index contributed by atoms with van der Waals surface area (Å²) in [4.78, 5) is 26.1. The van der Waals surface area contributed by atoms with Crippen LogP contribution in [0.3, 0.4) is 0 Å². The van der Waals surface area contributed by atoms with Crippen LogP contribution in [0.1, 0.15) is 32.3 Å². The first-order chi connectivity index (χ1) is 10.9. The van der Waals surface area contributed by atoms with E-state index in [1.807, 2.05) is 38.1 Å². The van der Waals surface area contributed by atoms with Gasteiger partial charge in [0, 0.05) is 25.2 Å². The van der Waals surface area contributed by atoms with E-state index in [-0.39, 0.29) is 36.2 Å². The fourth-order valence-electron chi connectivity index (χ4n) is 2.94. The van der Waals surface area contributed by atoms with E-state index < -0.39 is 0 Å². The molecule has 0 aliphatic carbocycles. The number of aliphatic hydroxyl groups excluding tert-OH is 1. The summed E-state index contributed by atoms with van der Waals surface area (Å²) >= 11 is 0. The Labute approximate surface area is 137 Å². The van der Waals surface area contributed by atoms with Crippen molar-refractivity contribution in [1.29, 1.82) is 0 Å². The lowest BCUT2D eigenvalue weighted by atomic mass is 10.0. The van der Waals surface area contributed by atoms with Gasteiger partial charge in [-0.1, -0.05) is 24.6 Å². The van der Waals surface area contributed by atoms with E-state index in [2.05, 4.69) is 5.32 Å². The number of aliphatic hydroxyl groups is 1. The Morgan fingerprint density at radius 1 is 1.35 bits per heavy atom. The van der Waals surface area contributed by atoms with Crippen molar-refractivity contribution >= 4 is 17.5 Å². The van der Waals surface area contributed by atoms with Gasteiger partial charge < -0.3 is 15.3 Å². The molecule has 23 heavy (non-hydrogen) atoms. The number of hydrogen-bond acceptors (Lipinski definition) is 3. The molecule has 2 rings (SSSR count). The number of carbonyl (C=O) groups is 2. The second kappa shape index (κ2) is 7.59. The highest BCUT2D eigenvalue weighted by Gasteiger charge is 2.35. The molecule has 2 amide bonds. The Hall–Kier alpha value is -1.88. The Morgan fingerprint density at radius 2 is 2.00 bits per heavy atom. The van der Waals surface area contributed by atoms with Crippen LogP contribution >= 0.6 is 0 Å². The Kier molecular flexibility index (Phi) is 5.77. The van der Waals surface area contributed by atoms with E-state index in [0.717, 1.165) is 11.3 Å². The minimum Gasteiger partial charge on any atom is -0.393 e. The first-order valence-corrected chi connectivity index (χ1v) is 8.19. The lowest BCUT2D eigenvalue weighted by molar-refractivity contribution is -0.126. The van der Waals surface area contributed by atoms with Gasteiger partial charge >= 0.3 is 0 Å². The molecule has 1 aromatic rings. The van der Waals surface area contributed by atoms with Gasteiger partial charge in [-0.2, -0.15) is 0 Å². The van der Waals surface area contributed by atoms with Gasteiger partial charge in [0.1, 0.15) is 0 Å². The van der Waals surface area contributed by atoms with Crippen molar-refractivity contribution in [2.45, 2.75) is 39.7 Å². The summed E-state index contributed by atoms with van der Waals surface area (Å²) in [6.45, 7) is 6.69. The third kappa shape index (κ3) is 4.79. The molecule has 1 saturated heterocycles. The summed E-state index contributed by atoms with van der Waals surface area (Å²) < 4.78 is 0. The Bertz CT molecular complexity index is 554. The van der Waals surface area contributed by atoms with Gasteiger partial charge in [-0.25, -0.2) is 0 Å². The molecule has 0 radical (unpaired) electrons. The van der Waals surface area contributed by atoms with Crippen molar-refractivity contribution < 1.29 is 14.7 Å². The molecule has 1 aromatic carbocycles. The van der Waals surface area contributed by atoms with Crippen LogP contribution in [0.4, 0.5) is 5.69 Å². The van der Waals surface area contributed by atoms with E-state index in [9.17, 15) is 14.7 Å². The molecule has 1 heterocycles. The molecular weight excluding hydrogens is 292 g/mol. The largest absolute Gasteiger partial charge is 0.393 e. The second-order valence-electron chi connectivity index (χ2n) is 6.68. The zero-order valence-electron chi connectivity index (χ0n) is 14.1. The lowest BCUT2D eigenvalue weighted by Gasteiger charge is -2.18. The predicted octanol–water partition coefficient (Wildman–Crippen LogP) is 1.87. The molecule has 3 unspecified atom stereocenters.